The fraction of sp³-hybridized carbons (Fsp3) is 0.960. The standard InChI is InChI=1S/C50H100NO8P/c1-3-5-7-9-11-13-15-17-19-21-23-24-25-27-29-31-33-35-37-39-41-43-50(53)59-48(47-58-60(54,55)57-45-44-51)46-56-49(52)42-40-38-36-34-32-30-28-26-22-20-18-16-14-12-10-8-6-4-2/h48H,3-47,51H2,1-2H3,(H,54,55)/t48-/m1/s1. The second kappa shape index (κ2) is 47.5. The molecule has 0 fully saturated rings. The summed E-state index contributed by atoms with van der Waals surface area (Å²) in [5.41, 5.74) is 5.37. The van der Waals surface area contributed by atoms with E-state index in [1.165, 1.54) is 212 Å². The van der Waals surface area contributed by atoms with Gasteiger partial charge in [0.1, 0.15) is 6.61 Å². The van der Waals surface area contributed by atoms with E-state index < -0.39 is 26.5 Å². The normalized spacial score (nSPS) is 13.1. The van der Waals surface area contributed by atoms with Crippen molar-refractivity contribution in [2.24, 2.45) is 5.73 Å². The number of nitrogens with two attached hydrogens (primary N) is 1. The molecule has 10 heteroatoms. The minimum Gasteiger partial charge on any atom is -0.462 e. The molecule has 1 unspecified atom stereocenters. The zero-order valence-electron chi connectivity index (χ0n) is 39.7. The van der Waals surface area contributed by atoms with Crippen molar-refractivity contribution in [3.05, 3.63) is 0 Å². The van der Waals surface area contributed by atoms with Crippen molar-refractivity contribution in [3.8, 4) is 0 Å². The Kier molecular flexibility index (Phi) is 46.7. The summed E-state index contributed by atoms with van der Waals surface area (Å²) < 4.78 is 33.0. The van der Waals surface area contributed by atoms with Gasteiger partial charge in [-0.25, -0.2) is 4.57 Å². The molecule has 0 aromatic carbocycles. The van der Waals surface area contributed by atoms with Gasteiger partial charge in [0.15, 0.2) is 6.10 Å². The van der Waals surface area contributed by atoms with Crippen LogP contribution in [0.3, 0.4) is 0 Å². The van der Waals surface area contributed by atoms with Gasteiger partial charge in [0.25, 0.3) is 0 Å². The molecule has 2 atom stereocenters. The molecule has 0 spiro atoms. The monoisotopic (exact) mass is 874 g/mol. The van der Waals surface area contributed by atoms with E-state index in [1.54, 1.807) is 0 Å². The number of unbranched alkanes of at least 4 members (excludes halogenated alkanes) is 37. The van der Waals surface area contributed by atoms with Crippen LogP contribution in [0, 0.1) is 0 Å². The topological polar surface area (TPSA) is 134 Å². The van der Waals surface area contributed by atoms with Gasteiger partial charge in [-0.1, -0.05) is 251 Å². The van der Waals surface area contributed by atoms with Crippen molar-refractivity contribution in [3.63, 3.8) is 0 Å². The lowest BCUT2D eigenvalue weighted by Gasteiger charge is -2.19. The average Bonchev–Trinajstić information content (AvgIpc) is 3.24. The Morgan fingerprint density at radius 2 is 0.717 bits per heavy atom. The molecular weight excluding hydrogens is 774 g/mol. The van der Waals surface area contributed by atoms with Crippen molar-refractivity contribution in [2.45, 2.75) is 283 Å². The van der Waals surface area contributed by atoms with Gasteiger partial charge in [0, 0.05) is 19.4 Å². The molecule has 9 nitrogen and oxygen atoms in total. The van der Waals surface area contributed by atoms with Crippen LogP contribution in [0.15, 0.2) is 0 Å². The summed E-state index contributed by atoms with van der Waals surface area (Å²) in [6.45, 7) is 3.81. The minimum absolute atomic E-state index is 0.0584. The molecule has 0 bridgehead atoms. The van der Waals surface area contributed by atoms with E-state index in [0.29, 0.717) is 6.42 Å². The van der Waals surface area contributed by atoms with Gasteiger partial charge in [-0.05, 0) is 12.8 Å². The summed E-state index contributed by atoms with van der Waals surface area (Å²) in [6, 6.07) is 0. The van der Waals surface area contributed by atoms with E-state index in [1.807, 2.05) is 0 Å². The highest BCUT2D eigenvalue weighted by Gasteiger charge is 2.26. The number of rotatable bonds is 50. The van der Waals surface area contributed by atoms with Gasteiger partial charge in [-0.2, -0.15) is 0 Å². The Hall–Kier alpha value is -0.990. The number of phosphoric acid groups is 1. The Balaban J connectivity index is 3.98. The lowest BCUT2D eigenvalue weighted by Crippen LogP contribution is -2.29. The van der Waals surface area contributed by atoms with E-state index in [0.717, 1.165) is 32.1 Å². The van der Waals surface area contributed by atoms with Crippen LogP contribution in [0.2, 0.25) is 0 Å². The molecule has 358 valence electrons. The fourth-order valence-electron chi connectivity index (χ4n) is 7.87. The van der Waals surface area contributed by atoms with Gasteiger partial charge >= 0.3 is 19.8 Å². The van der Waals surface area contributed by atoms with Crippen LogP contribution >= 0.6 is 7.82 Å². The summed E-state index contributed by atoms with van der Waals surface area (Å²) in [4.78, 5) is 35.0. The van der Waals surface area contributed by atoms with Gasteiger partial charge in [0.2, 0.25) is 0 Å². The number of carbonyl (C=O) groups excluding carboxylic acids is 2. The quantitative estimate of drug-likeness (QED) is 0.0348. The largest absolute Gasteiger partial charge is 0.472 e. The van der Waals surface area contributed by atoms with Gasteiger partial charge in [-0.15, -0.1) is 0 Å². The Bertz CT molecular complexity index is 953. The Morgan fingerprint density at radius 3 is 1.02 bits per heavy atom. The van der Waals surface area contributed by atoms with Crippen molar-refractivity contribution in [2.75, 3.05) is 26.4 Å². The summed E-state index contributed by atoms with van der Waals surface area (Å²) in [5, 5.41) is 0. The molecule has 0 aromatic rings. The van der Waals surface area contributed by atoms with Crippen molar-refractivity contribution in [1.82, 2.24) is 0 Å². The van der Waals surface area contributed by atoms with Crippen molar-refractivity contribution >= 4 is 19.8 Å². The maximum atomic E-state index is 12.7. The SMILES string of the molecule is CCCCCCCCCCCCCCCCCCCCCCCC(=O)O[C@H](COC(=O)CCCCCCCCCCCCCCCCCCCC)COP(=O)(O)OCCN. The minimum atomic E-state index is -4.37. The molecule has 0 saturated heterocycles. The van der Waals surface area contributed by atoms with E-state index in [2.05, 4.69) is 13.8 Å². The van der Waals surface area contributed by atoms with Gasteiger partial charge < -0.3 is 20.1 Å². The van der Waals surface area contributed by atoms with E-state index in [-0.39, 0.29) is 38.6 Å². The molecule has 0 radical (unpaired) electrons. The van der Waals surface area contributed by atoms with Crippen LogP contribution < -0.4 is 5.73 Å². The van der Waals surface area contributed by atoms with Gasteiger partial charge in [0.05, 0.1) is 13.2 Å². The van der Waals surface area contributed by atoms with Crippen LogP contribution in [-0.2, 0) is 32.7 Å². The maximum absolute atomic E-state index is 12.7. The molecule has 60 heavy (non-hydrogen) atoms. The third kappa shape index (κ3) is 46.5. The first kappa shape index (κ1) is 59.0. The smallest absolute Gasteiger partial charge is 0.462 e. The summed E-state index contributed by atoms with van der Waals surface area (Å²) in [5.74, 6) is -0.806. The lowest BCUT2D eigenvalue weighted by atomic mass is 10.0. The first-order valence-electron chi connectivity index (χ1n) is 26.0. The van der Waals surface area contributed by atoms with E-state index >= 15 is 0 Å². The predicted molar refractivity (Wildman–Crippen MR) is 252 cm³/mol. The van der Waals surface area contributed by atoms with Crippen LogP contribution in [0.5, 0.6) is 0 Å². The number of carbonyl (C=O) groups is 2. The molecule has 0 amide bonds. The maximum Gasteiger partial charge on any atom is 0.472 e. The van der Waals surface area contributed by atoms with Gasteiger partial charge in [-0.3, -0.25) is 18.6 Å². The van der Waals surface area contributed by atoms with Crippen LogP contribution in [0.4, 0.5) is 0 Å². The third-order valence-electron chi connectivity index (χ3n) is 11.7. The fourth-order valence-corrected chi connectivity index (χ4v) is 8.64. The number of hydrogen-bond acceptors (Lipinski definition) is 8. The van der Waals surface area contributed by atoms with Crippen molar-refractivity contribution < 1.29 is 37.6 Å². The molecule has 0 aliphatic heterocycles. The highest BCUT2D eigenvalue weighted by Crippen LogP contribution is 2.43. The zero-order chi connectivity index (χ0) is 43.9. The van der Waals surface area contributed by atoms with Crippen LogP contribution in [-0.4, -0.2) is 49.3 Å². The second-order valence-corrected chi connectivity index (χ2v) is 19.2. The molecule has 0 aromatic heterocycles. The molecule has 0 heterocycles. The zero-order valence-corrected chi connectivity index (χ0v) is 40.6. The Morgan fingerprint density at radius 1 is 0.433 bits per heavy atom. The number of phosphoric ester groups is 1. The number of hydrogen-bond donors (Lipinski definition) is 2. The highest BCUT2D eigenvalue weighted by atomic mass is 31.2. The summed E-state index contributed by atoms with van der Waals surface area (Å²) in [7, 11) is -4.37. The number of esters is 2. The van der Waals surface area contributed by atoms with E-state index in [4.69, 9.17) is 24.3 Å². The summed E-state index contributed by atoms with van der Waals surface area (Å²) >= 11 is 0. The second-order valence-electron chi connectivity index (χ2n) is 17.8. The molecule has 3 N–H and O–H groups in total. The molecule has 0 saturated carbocycles. The lowest BCUT2D eigenvalue weighted by molar-refractivity contribution is -0.161. The molecule has 0 aliphatic carbocycles. The van der Waals surface area contributed by atoms with Crippen molar-refractivity contribution in [1.29, 1.82) is 0 Å². The number of ether oxygens (including phenoxy) is 2. The highest BCUT2D eigenvalue weighted by molar-refractivity contribution is 7.47. The first-order chi connectivity index (χ1) is 29.3. The first-order valence-corrected chi connectivity index (χ1v) is 27.5. The van der Waals surface area contributed by atoms with Crippen LogP contribution in [0.1, 0.15) is 277 Å². The molecule has 0 rings (SSSR count). The Labute approximate surface area is 371 Å². The molecular formula is C50H100NO8P. The predicted octanol–water partition coefficient (Wildman–Crippen LogP) is 15.6. The average molecular weight is 874 g/mol. The van der Waals surface area contributed by atoms with Crippen LogP contribution in [0.25, 0.3) is 0 Å². The molecule has 0 aliphatic rings. The van der Waals surface area contributed by atoms with E-state index in [9.17, 15) is 19.0 Å². The third-order valence-corrected chi connectivity index (χ3v) is 12.7. The summed E-state index contributed by atoms with van der Waals surface area (Å²) in [6.07, 6.45) is 50.0.